The van der Waals surface area contributed by atoms with E-state index in [9.17, 15) is 18.0 Å². The summed E-state index contributed by atoms with van der Waals surface area (Å²) < 4.78 is 36.3. The van der Waals surface area contributed by atoms with Crippen molar-refractivity contribution in [1.29, 1.82) is 0 Å². The van der Waals surface area contributed by atoms with Gasteiger partial charge in [0.15, 0.2) is 0 Å². The molecule has 2 nitrogen and oxygen atoms in total. The predicted octanol–water partition coefficient (Wildman–Crippen LogP) is 2.12. The van der Waals surface area contributed by atoms with Gasteiger partial charge in [-0.15, -0.1) is 0 Å². The molecule has 0 bridgehead atoms. The van der Waals surface area contributed by atoms with Crippen LogP contribution >= 0.6 is 12.2 Å². The van der Waals surface area contributed by atoms with Gasteiger partial charge in [-0.1, -0.05) is 24.4 Å². The molecular formula is C8H5F3O2S. The highest BCUT2D eigenvalue weighted by atomic mass is 32.1. The van der Waals surface area contributed by atoms with Crippen LogP contribution in [0.2, 0.25) is 0 Å². The molecule has 1 rings (SSSR count). The van der Waals surface area contributed by atoms with Crippen molar-refractivity contribution in [3.63, 3.8) is 0 Å². The third kappa shape index (κ3) is 2.20. The van der Waals surface area contributed by atoms with Gasteiger partial charge in [0.2, 0.25) is 0 Å². The molecule has 1 unspecified atom stereocenters. The number of thiocarbonyl (C=S) groups is 1. The van der Waals surface area contributed by atoms with Crippen LogP contribution in [0, 0.1) is 5.92 Å². The van der Waals surface area contributed by atoms with E-state index < -0.39 is 23.6 Å². The number of carbonyl (C=O) groups is 1. The Balaban J connectivity index is 2.94. The summed E-state index contributed by atoms with van der Waals surface area (Å²) in [6.45, 7) is 0. The Bertz CT molecular complexity index is 341. The van der Waals surface area contributed by atoms with Crippen molar-refractivity contribution in [2.75, 3.05) is 0 Å². The first-order valence-corrected chi connectivity index (χ1v) is 3.97. The summed E-state index contributed by atoms with van der Waals surface area (Å²) in [7, 11) is 0. The van der Waals surface area contributed by atoms with Gasteiger partial charge in [-0.05, 0) is 6.08 Å². The summed E-state index contributed by atoms with van der Waals surface area (Å²) in [5.41, 5.74) is -0.917. The molecule has 0 spiro atoms. The third-order valence-electron chi connectivity index (χ3n) is 1.67. The molecule has 0 heterocycles. The zero-order valence-corrected chi connectivity index (χ0v) is 7.52. The first-order chi connectivity index (χ1) is 6.32. The Morgan fingerprint density at radius 1 is 1.50 bits per heavy atom. The van der Waals surface area contributed by atoms with E-state index in [4.69, 9.17) is 5.11 Å². The number of carboxylic acid groups (broad SMARTS) is 1. The Kier molecular flexibility index (Phi) is 2.75. The van der Waals surface area contributed by atoms with Crippen LogP contribution in [-0.2, 0) is 4.79 Å². The topological polar surface area (TPSA) is 37.3 Å². The van der Waals surface area contributed by atoms with Crippen molar-refractivity contribution in [3.8, 4) is 0 Å². The number of hydrogen-bond acceptors (Lipinski definition) is 2. The molecule has 0 aromatic heterocycles. The number of aliphatic carboxylic acids is 1. The van der Waals surface area contributed by atoms with Crippen molar-refractivity contribution in [2.24, 2.45) is 5.92 Å². The van der Waals surface area contributed by atoms with Gasteiger partial charge in [-0.3, -0.25) is 4.79 Å². The second-order valence-electron chi connectivity index (χ2n) is 2.67. The molecule has 1 N–H and O–H groups in total. The van der Waals surface area contributed by atoms with Crippen LogP contribution in [0.15, 0.2) is 23.8 Å². The van der Waals surface area contributed by atoms with Crippen molar-refractivity contribution in [2.45, 2.75) is 6.18 Å². The maximum absolute atomic E-state index is 12.1. The van der Waals surface area contributed by atoms with Gasteiger partial charge >= 0.3 is 12.1 Å². The minimum Gasteiger partial charge on any atom is -0.481 e. The molecule has 0 saturated carbocycles. The van der Waals surface area contributed by atoms with E-state index in [1.54, 1.807) is 0 Å². The lowest BCUT2D eigenvalue weighted by molar-refractivity contribution is -0.138. The number of carboxylic acids is 1. The molecule has 1 atom stereocenters. The molecule has 0 aromatic carbocycles. The van der Waals surface area contributed by atoms with Gasteiger partial charge in [0.25, 0.3) is 0 Å². The monoisotopic (exact) mass is 222 g/mol. The maximum Gasteiger partial charge on any atom is 0.416 e. The first-order valence-electron chi connectivity index (χ1n) is 3.56. The van der Waals surface area contributed by atoms with E-state index in [0.29, 0.717) is 6.08 Å². The zero-order chi connectivity index (χ0) is 10.9. The fourth-order valence-corrected chi connectivity index (χ4v) is 1.27. The molecule has 0 aliphatic heterocycles. The fraction of sp³-hybridized carbons (Fsp3) is 0.250. The summed E-state index contributed by atoms with van der Waals surface area (Å²) >= 11 is 4.54. The fourth-order valence-electron chi connectivity index (χ4n) is 0.966. The van der Waals surface area contributed by atoms with Crippen molar-refractivity contribution < 1.29 is 23.1 Å². The minimum absolute atomic E-state index is 0.229. The highest BCUT2D eigenvalue weighted by molar-refractivity contribution is 7.80. The van der Waals surface area contributed by atoms with Crippen LogP contribution in [0.3, 0.4) is 0 Å². The van der Waals surface area contributed by atoms with Gasteiger partial charge in [-0.25, -0.2) is 0 Å². The van der Waals surface area contributed by atoms with Crippen LogP contribution in [-0.4, -0.2) is 22.1 Å². The summed E-state index contributed by atoms with van der Waals surface area (Å²) in [5, 5.41) is 8.55. The second-order valence-corrected chi connectivity index (χ2v) is 3.15. The number of hydrogen-bond donors (Lipinski definition) is 1. The lowest BCUT2D eigenvalue weighted by Crippen LogP contribution is -2.24. The molecule has 6 heteroatoms. The molecule has 0 fully saturated rings. The van der Waals surface area contributed by atoms with Gasteiger partial charge in [0, 0.05) is 4.86 Å². The number of rotatable bonds is 1. The third-order valence-corrected chi connectivity index (χ3v) is 2.04. The van der Waals surface area contributed by atoms with Crippen molar-refractivity contribution in [3.05, 3.63) is 23.8 Å². The largest absolute Gasteiger partial charge is 0.481 e. The zero-order valence-electron chi connectivity index (χ0n) is 6.71. The summed E-state index contributed by atoms with van der Waals surface area (Å²) in [4.78, 5) is 10.2. The molecule has 1 aliphatic carbocycles. The van der Waals surface area contributed by atoms with E-state index in [1.165, 1.54) is 0 Å². The summed E-state index contributed by atoms with van der Waals surface area (Å²) in [6.07, 6.45) is -2.14. The maximum atomic E-state index is 12.1. The van der Waals surface area contributed by atoms with E-state index in [0.717, 1.165) is 12.2 Å². The molecule has 0 amide bonds. The molecule has 76 valence electrons. The summed E-state index contributed by atoms with van der Waals surface area (Å²) in [6, 6.07) is 0. The van der Waals surface area contributed by atoms with E-state index in [2.05, 4.69) is 12.2 Å². The van der Waals surface area contributed by atoms with E-state index in [-0.39, 0.29) is 4.86 Å². The van der Waals surface area contributed by atoms with E-state index >= 15 is 0 Å². The normalized spacial score (nSPS) is 22.1. The molecule has 0 saturated heterocycles. The quantitative estimate of drug-likeness (QED) is 0.690. The minimum atomic E-state index is -4.48. The Labute approximate surface area is 82.7 Å². The Morgan fingerprint density at radius 2 is 2.07 bits per heavy atom. The number of halogens is 3. The van der Waals surface area contributed by atoms with Crippen LogP contribution < -0.4 is 0 Å². The highest BCUT2D eigenvalue weighted by Crippen LogP contribution is 2.30. The Morgan fingerprint density at radius 3 is 2.43 bits per heavy atom. The lowest BCUT2D eigenvalue weighted by Gasteiger charge is -2.15. The van der Waals surface area contributed by atoms with Crippen LogP contribution in [0.5, 0.6) is 0 Å². The van der Waals surface area contributed by atoms with Crippen molar-refractivity contribution >= 4 is 23.1 Å². The van der Waals surface area contributed by atoms with Crippen LogP contribution in [0.1, 0.15) is 0 Å². The van der Waals surface area contributed by atoms with E-state index in [1.807, 2.05) is 0 Å². The number of alkyl halides is 3. The second kappa shape index (κ2) is 3.53. The summed E-state index contributed by atoms with van der Waals surface area (Å²) in [5.74, 6) is -2.38. The SMILES string of the molecule is O=C(O)C1C=CC(C(F)(F)F)=CC1=S. The molecule has 0 aromatic rings. The standard InChI is InChI=1S/C8H5F3O2S/c9-8(10,11)4-1-2-5(7(12)13)6(14)3-4/h1-3,5H,(H,12,13). The smallest absolute Gasteiger partial charge is 0.416 e. The van der Waals surface area contributed by atoms with Gasteiger partial charge in [-0.2, -0.15) is 13.2 Å². The average Bonchev–Trinajstić information content (AvgIpc) is 2.01. The first kappa shape index (κ1) is 10.9. The van der Waals surface area contributed by atoms with Crippen LogP contribution in [0.4, 0.5) is 13.2 Å². The average molecular weight is 222 g/mol. The Hall–Kier alpha value is -1.17. The molecule has 0 radical (unpaired) electrons. The van der Waals surface area contributed by atoms with Gasteiger partial charge in [0.1, 0.15) is 5.92 Å². The molecular weight excluding hydrogens is 217 g/mol. The predicted molar refractivity (Wildman–Crippen MR) is 47.0 cm³/mol. The van der Waals surface area contributed by atoms with Crippen molar-refractivity contribution in [1.82, 2.24) is 0 Å². The lowest BCUT2D eigenvalue weighted by atomic mass is 9.96. The van der Waals surface area contributed by atoms with Crippen LogP contribution in [0.25, 0.3) is 0 Å². The molecule has 14 heavy (non-hydrogen) atoms. The van der Waals surface area contributed by atoms with Gasteiger partial charge in [0.05, 0.1) is 5.57 Å². The number of allylic oxidation sites excluding steroid dienone is 3. The highest BCUT2D eigenvalue weighted by Gasteiger charge is 2.35. The van der Waals surface area contributed by atoms with Gasteiger partial charge < -0.3 is 5.11 Å². The molecule has 1 aliphatic rings.